The highest BCUT2D eigenvalue weighted by molar-refractivity contribution is 5.79. The third-order valence-electron chi connectivity index (χ3n) is 1.32. The molecular formula is C7H13N3O3. The number of rotatable bonds is 7. The summed E-state index contributed by atoms with van der Waals surface area (Å²) in [5.74, 6) is -1.10. The molecule has 0 bridgehead atoms. The fourth-order valence-corrected chi connectivity index (χ4v) is 0.890. The van der Waals surface area contributed by atoms with E-state index in [-0.39, 0.29) is 19.5 Å². The molecule has 0 aromatic carbocycles. The number of carbonyl (C=O) groups excluding carboxylic acids is 3. The molecule has 0 aromatic heterocycles. The fourth-order valence-electron chi connectivity index (χ4n) is 0.890. The average molecular weight is 187 g/mol. The molecule has 6 heteroatoms. The minimum Gasteiger partial charge on any atom is -0.369 e. The maximum absolute atomic E-state index is 10.5. The van der Waals surface area contributed by atoms with Gasteiger partial charge in [0.25, 0.3) is 0 Å². The Labute approximate surface area is 75.9 Å². The first-order valence-corrected chi connectivity index (χ1v) is 3.79. The Morgan fingerprint density at radius 1 is 1.15 bits per heavy atom. The van der Waals surface area contributed by atoms with Gasteiger partial charge in [-0.1, -0.05) is 0 Å². The molecule has 0 fully saturated rings. The van der Waals surface area contributed by atoms with Crippen LogP contribution in [0, 0.1) is 0 Å². The second-order valence-electron chi connectivity index (χ2n) is 2.60. The number of hydrogen-bond donors (Lipinski definition) is 2. The molecule has 0 spiro atoms. The Bertz CT molecular complexity index is 189. The molecule has 0 aromatic rings. The second kappa shape index (κ2) is 6.13. The van der Waals surface area contributed by atoms with E-state index in [4.69, 9.17) is 11.5 Å². The van der Waals surface area contributed by atoms with Gasteiger partial charge in [0, 0.05) is 13.0 Å². The van der Waals surface area contributed by atoms with Crippen LogP contribution in [0.1, 0.15) is 6.42 Å². The highest BCUT2D eigenvalue weighted by atomic mass is 16.2. The zero-order valence-electron chi connectivity index (χ0n) is 7.23. The first-order valence-electron chi connectivity index (χ1n) is 3.79. The van der Waals surface area contributed by atoms with Crippen molar-refractivity contribution in [3.8, 4) is 0 Å². The molecule has 0 unspecified atom stereocenters. The molecule has 6 nitrogen and oxygen atoms in total. The lowest BCUT2D eigenvalue weighted by Gasteiger charge is -2.16. The quantitative estimate of drug-likeness (QED) is 0.443. The topological polar surface area (TPSA) is 106 Å². The molecule has 0 saturated heterocycles. The van der Waals surface area contributed by atoms with Crippen LogP contribution < -0.4 is 11.5 Å². The smallest absolute Gasteiger partial charge is 0.231 e. The van der Waals surface area contributed by atoms with Crippen LogP contribution in [0.15, 0.2) is 0 Å². The minimum absolute atomic E-state index is 0.0588. The number of nitrogens with two attached hydrogens (primary N) is 2. The minimum atomic E-state index is -0.549. The Hall–Kier alpha value is -1.43. The Balaban J connectivity index is 3.93. The number of carbonyl (C=O) groups is 3. The van der Waals surface area contributed by atoms with Gasteiger partial charge in [0.2, 0.25) is 11.8 Å². The summed E-state index contributed by atoms with van der Waals surface area (Å²) in [7, 11) is 0. The summed E-state index contributed by atoms with van der Waals surface area (Å²) < 4.78 is 0. The van der Waals surface area contributed by atoms with E-state index < -0.39 is 11.8 Å². The molecule has 0 saturated carbocycles. The van der Waals surface area contributed by atoms with E-state index >= 15 is 0 Å². The summed E-state index contributed by atoms with van der Waals surface area (Å²) in [5, 5.41) is 0. The summed E-state index contributed by atoms with van der Waals surface area (Å²) in [6.45, 7) is 0.197. The van der Waals surface area contributed by atoms with Gasteiger partial charge in [0.05, 0.1) is 13.1 Å². The van der Waals surface area contributed by atoms with Crippen molar-refractivity contribution in [2.45, 2.75) is 6.42 Å². The first kappa shape index (κ1) is 11.6. The first-order chi connectivity index (χ1) is 6.06. The number of hydrogen-bond acceptors (Lipinski definition) is 4. The lowest BCUT2D eigenvalue weighted by Crippen LogP contribution is -2.40. The van der Waals surface area contributed by atoms with E-state index in [0.29, 0.717) is 12.8 Å². The van der Waals surface area contributed by atoms with E-state index in [9.17, 15) is 14.4 Å². The van der Waals surface area contributed by atoms with Gasteiger partial charge in [-0.15, -0.1) is 0 Å². The molecule has 0 radical (unpaired) electrons. The van der Waals surface area contributed by atoms with Gasteiger partial charge in [-0.2, -0.15) is 0 Å². The van der Waals surface area contributed by atoms with E-state index in [1.807, 2.05) is 0 Å². The summed E-state index contributed by atoms with van der Waals surface area (Å²) >= 11 is 0. The van der Waals surface area contributed by atoms with Gasteiger partial charge < -0.3 is 16.3 Å². The lowest BCUT2D eigenvalue weighted by molar-refractivity contribution is -0.122. The molecule has 74 valence electrons. The van der Waals surface area contributed by atoms with Crippen molar-refractivity contribution >= 4 is 18.1 Å². The lowest BCUT2D eigenvalue weighted by atomic mass is 10.3. The zero-order chi connectivity index (χ0) is 10.3. The predicted octanol–water partition coefficient (Wildman–Crippen LogP) is -2.15. The molecule has 0 atom stereocenters. The van der Waals surface area contributed by atoms with Crippen molar-refractivity contribution in [3.05, 3.63) is 0 Å². The van der Waals surface area contributed by atoms with Gasteiger partial charge in [-0.25, -0.2) is 0 Å². The highest BCUT2D eigenvalue weighted by Crippen LogP contribution is 1.88. The van der Waals surface area contributed by atoms with Crippen molar-refractivity contribution in [3.63, 3.8) is 0 Å². The van der Waals surface area contributed by atoms with Crippen LogP contribution in [0.3, 0.4) is 0 Å². The largest absolute Gasteiger partial charge is 0.369 e. The monoisotopic (exact) mass is 187 g/mol. The molecule has 0 aliphatic heterocycles. The second-order valence-corrected chi connectivity index (χ2v) is 2.60. The van der Waals surface area contributed by atoms with Gasteiger partial charge in [-0.05, 0) is 0 Å². The number of amides is 2. The molecule has 0 aliphatic carbocycles. The third kappa shape index (κ3) is 6.95. The van der Waals surface area contributed by atoms with Crippen LogP contribution in [0.25, 0.3) is 0 Å². The average Bonchev–Trinajstić information content (AvgIpc) is 1.98. The Morgan fingerprint density at radius 2 is 1.62 bits per heavy atom. The standard InChI is InChI=1S/C7H13N3O3/c8-6(12)4-10(2-1-3-11)5-7(9)13/h3H,1-2,4-5H2,(H2,8,12)(H2,9,13). The summed E-state index contributed by atoms with van der Waals surface area (Å²) in [6, 6.07) is 0. The molecule has 4 N–H and O–H groups in total. The Morgan fingerprint density at radius 3 is 1.92 bits per heavy atom. The summed E-state index contributed by atoms with van der Waals surface area (Å²) in [5.41, 5.74) is 9.84. The van der Waals surface area contributed by atoms with Crippen molar-refractivity contribution in [2.75, 3.05) is 19.6 Å². The van der Waals surface area contributed by atoms with Crippen LogP contribution in [-0.4, -0.2) is 42.6 Å². The van der Waals surface area contributed by atoms with E-state index in [1.54, 1.807) is 0 Å². The van der Waals surface area contributed by atoms with E-state index in [2.05, 4.69) is 0 Å². The molecule has 0 rings (SSSR count). The van der Waals surface area contributed by atoms with Crippen LogP contribution >= 0.6 is 0 Å². The molecule has 0 heterocycles. The van der Waals surface area contributed by atoms with Gasteiger partial charge in [0.15, 0.2) is 0 Å². The molecule has 2 amide bonds. The highest BCUT2D eigenvalue weighted by Gasteiger charge is 2.09. The summed E-state index contributed by atoms with van der Waals surface area (Å²) in [6.07, 6.45) is 0.954. The van der Waals surface area contributed by atoms with Crippen LogP contribution in [0.2, 0.25) is 0 Å². The summed E-state index contributed by atoms with van der Waals surface area (Å²) in [4.78, 5) is 32.4. The fraction of sp³-hybridized carbons (Fsp3) is 0.571. The SMILES string of the molecule is NC(=O)CN(CCC=O)CC(N)=O. The normalized spacial score (nSPS) is 9.92. The molecular weight excluding hydrogens is 174 g/mol. The van der Waals surface area contributed by atoms with Crippen LogP contribution in [-0.2, 0) is 14.4 Å². The van der Waals surface area contributed by atoms with Gasteiger partial charge >= 0.3 is 0 Å². The zero-order valence-corrected chi connectivity index (χ0v) is 7.23. The van der Waals surface area contributed by atoms with Crippen LogP contribution in [0.5, 0.6) is 0 Å². The molecule has 13 heavy (non-hydrogen) atoms. The third-order valence-corrected chi connectivity index (χ3v) is 1.32. The predicted molar refractivity (Wildman–Crippen MR) is 45.5 cm³/mol. The van der Waals surface area contributed by atoms with Crippen molar-refractivity contribution in [1.82, 2.24) is 4.90 Å². The number of nitrogens with zero attached hydrogens (tertiary/aromatic N) is 1. The van der Waals surface area contributed by atoms with Gasteiger partial charge in [0.1, 0.15) is 6.29 Å². The maximum atomic E-state index is 10.5. The van der Waals surface area contributed by atoms with Crippen molar-refractivity contribution in [1.29, 1.82) is 0 Å². The van der Waals surface area contributed by atoms with E-state index in [1.165, 1.54) is 4.90 Å². The van der Waals surface area contributed by atoms with E-state index in [0.717, 1.165) is 0 Å². The number of primary amides is 2. The molecule has 0 aliphatic rings. The van der Waals surface area contributed by atoms with Crippen molar-refractivity contribution in [2.24, 2.45) is 11.5 Å². The Kier molecular flexibility index (Phi) is 5.45. The number of aldehydes is 1. The maximum Gasteiger partial charge on any atom is 0.231 e. The van der Waals surface area contributed by atoms with Crippen molar-refractivity contribution < 1.29 is 14.4 Å². The van der Waals surface area contributed by atoms with Crippen LogP contribution in [0.4, 0.5) is 0 Å². The van der Waals surface area contributed by atoms with Gasteiger partial charge in [-0.3, -0.25) is 14.5 Å².